The maximum atomic E-state index is 12.5. The Kier molecular flexibility index (Phi) is 4.55. The largest absolute Gasteiger partial charge is 0.337 e. The molecule has 1 amide bonds. The molecule has 2 aromatic rings. The van der Waals surface area contributed by atoms with Crippen LogP contribution in [0, 0.1) is 0 Å². The highest BCUT2D eigenvalue weighted by molar-refractivity contribution is 7.10. The SMILES string of the molecule is CC(c1cccnc1)N(C)CC(=O)N1CCc2sccc2C1. The highest BCUT2D eigenvalue weighted by Gasteiger charge is 2.23. The molecule has 0 radical (unpaired) electrons. The molecule has 0 spiro atoms. The van der Waals surface area contributed by atoms with Gasteiger partial charge in [-0.05, 0) is 49.0 Å². The molecular formula is C17H21N3OS. The number of rotatable bonds is 4. The number of carbonyl (C=O) groups is 1. The van der Waals surface area contributed by atoms with Gasteiger partial charge in [0, 0.05) is 36.4 Å². The summed E-state index contributed by atoms with van der Waals surface area (Å²) in [5, 5.41) is 2.12. The normalized spacial score (nSPS) is 15.7. The van der Waals surface area contributed by atoms with E-state index in [1.807, 2.05) is 24.2 Å². The molecule has 1 aliphatic heterocycles. The van der Waals surface area contributed by atoms with E-state index in [4.69, 9.17) is 0 Å². The lowest BCUT2D eigenvalue weighted by Gasteiger charge is -2.31. The number of pyridine rings is 1. The van der Waals surface area contributed by atoms with Gasteiger partial charge in [0.05, 0.1) is 6.54 Å². The first kappa shape index (κ1) is 15.2. The molecular weight excluding hydrogens is 294 g/mol. The van der Waals surface area contributed by atoms with Crippen molar-refractivity contribution < 1.29 is 4.79 Å². The molecule has 22 heavy (non-hydrogen) atoms. The minimum absolute atomic E-state index is 0.180. The number of thiophene rings is 1. The van der Waals surface area contributed by atoms with Gasteiger partial charge in [0.2, 0.25) is 5.91 Å². The fourth-order valence-electron chi connectivity index (χ4n) is 2.79. The quantitative estimate of drug-likeness (QED) is 0.870. The number of nitrogens with zero attached hydrogens (tertiary/aromatic N) is 3. The Hall–Kier alpha value is -1.72. The van der Waals surface area contributed by atoms with Gasteiger partial charge in [-0.15, -0.1) is 11.3 Å². The van der Waals surface area contributed by atoms with E-state index in [0.29, 0.717) is 6.54 Å². The molecule has 1 atom stereocenters. The third kappa shape index (κ3) is 3.20. The predicted octanol–water partition coefficient (Wildman–Crippen LogP) is 2.72. The molecule has 0 fully saturated rings. The van der Waals surface area contributed by atoms with Crippen LogP contribution in [0.1, 0.15) is 29.0 Å². The van der Waals surface area contributed by atoms with Gasteiger partial charge >= 0.3 is 0 Å². The number of amides is 1. The van der Waals surface area contributed by atoms with Gasteiger partial charge in [-0.25, -0.2) is 0 Å². The van der Waals surface area contributed by atoms with Crippen molar-refractivity contribution in [2.45, 2.75) is 25.9 Å². The number of fused-ring (bicyclic) bond motifs is 1. The highest BCUT2D eigenvalue weighted by Crippen LogP contribution is 2.24. The second-order valence-corrected chi connectivity index (χ2v) is 6.81. The van der Waals surface area contributed by atoms with Crippen molar-refractivity contribution >= 4 is 17.2 Å². The summed E-state index contributed by atoms with van der Waals surface area (Å²) in [4.78, 5) is 22.2. The number of hydrogen-bond acceptors (Lipinski definition) is 4. The van der Waals surface area contributed by atoms with Gasteiger partial charge in [-0.3, -0.25) is 14.7 Å². The van der Waals surface area contributed by atoms with E-state index >= 15 is 0 Å². The topological polar surface area (TPSA) is 36.4 Å². The van der Waals surface area contributed by atoms with Crippen LogP contribution in [-0.2, 0) is 17.8 Å². The Morgan fingerprint density at radius 1 is 1.50 bits per heavy atom. The molecule has 0 saturated heterocycles. The second kappa shape index (κ2) is 6.58. The maximum absolute atomic E-state index is 12.5. The van der Waals surface area contributed by atoms with Crippen LogP contribution in [-0.4, -0.2) is 40.8 Å². The van der Waals surface area contributed by atoms with E-state index in [1.165, 1.54) is 10.4 Å². The summed E-state index contributed by atoms with van der Waals surface area (Å²) in [7, 11) is 2.00. The standard InChI is InChI=1S/C17H21N3OS/c1-13(14-4-3-7-18-10-14)19(2)12-17(21)20-8-5-16-15(11-20)6-9-22-16/h3-4,6-7,9-10,13H,5,8,11-12H2,1-2H3. The van der Waals surface area contributed by atoms with Gasteiger partial charge in [0.1, 0.15) is 0 Å². The van der Waals surface area contributed by atoms with Gasteiger partial charge < -0.3 is 4.90 Å². The molecule has 1 aliphatic rings. The molecule has 3 heterocycles. The fraction of sp³-hybridized carbons (Fsp3) is 0.412. The maximum Gasteiger partial charge on any atom is 0.237 e. The van der Waals surface area contributed by atoms with Crippen LogP contribution in [0.2, 0.25) is 0 Å². The summed E-state index contributed by atoms with van der Waals surface area (Å²) in [6.45, 7) is 4.14. The molecule has 1 unspecified atom stereocenters. The predicted molar refractivity (Wildman–Crippen MR) is 88.7 cm³/mol. The third-order valence-corrected chi connectivity index (χ3v) is 5.40. The van der Waals surface area contributed by atoms with Crippen LogP contribution in [0.15, 0.2) is 36.0 Å². The molecule has 4 nitrogen and oxygen atoms in total. The second-order valence-electron chi connectivity index (χ2n) is 5.81. The zero-order valence-corrected chi connectivity index (χ0v) is 13.8. The Morgan fingerprint density at radius 2 is 2.36 bits per heavy atom. The summed E-state index contributed by atoms with van der Waals surface area (Å²) >= 11 is 1.80. The third-order valence-electron chi connectivity index (χ3n) is 4.37. The smallest absolute Gasteiger partial charge is 0.237 e. The average Bonchev–Trinajstić information content (AvgIpc) is 3.02. The van der Waals surface area contributed by atoms with Crippen molar-refractivity contribution in [1.82, 2.24) is 14.8 Å². The molecule has 2 aromatic heterocycles. The minimum atomic E-state index is 0.180. The first-order valence-corrected chi connectivity index (χ1v) is 8.46. The van der Waals surface area contributed by atoms with E-state index in [2.05, 4.69) is 34.3 Å². The van der Waals surface area contributed by atoms with Crippen molar-refractivity contribution in [1.29, 1.82) is 0 Å². The molecule has 0 aliphatic carbocycles. The van der Waals surface area contributed by atoms with Gasteiger partial charge in [0.25, 0.3) is 0 Å². The summed E-state index contributed by atoms with van der Waals surface area (Å²) in [5.74, 6) is 0.204. The number of aromatic nitrogens is 1. The molecule has 0 aromatic carbocycles. The van der Waals surface area contributed by atoms with Crippen molar-refractivity contribution in [2.75, 3.05) is 20.1 Å². The van der Waals surface area contributed by atoms with Crippen LogP contribution >= 0.6 is 11.3 Å². The summed E-state index contributed by atoms with van der Waals surface area (Å²) in [5.41, 5.74) is 2.45. The van der Waals surface area contributed by atoms with E-state index in [9.17, 15) is 4.79 Å². The average molecular weight is 315 g/mol. The molecule has 5 heteroatoms. The Balaban J connectivity index is 1.60. The number of likely N-dealkylation sites (N-methyl/N-ethyl adjacent to an activating group) is 1. The van der Waals surface area contributed by atoms with Gasteiger partial charge in [0.15, 0.2) is 0 Å². The fourth-order valence-corrected chi connectivity index (χ4v) is 3.68. The molecule has 3 rings (SSSR count). The van der Waals surface area contributed by atoms with Crippen LogP contribution in [0.3, 0.4) is 0 Å². The lowest BCUT2D eigenvalue weighted by atomic mass is 10.1. The first-order chi connectivity index (χ1) is 10.6. The highest BCUT2D eigenvalue weighted by atomic mass is 32.1. The van der Waals surface area contributed by atoms with Crippen molar-refractivity contribution in [2.24, 2.45) is 0 Å². The Bertz CT molecular complexity index is 640. The first-order valence-electron chi connectivity index (χ1n) is 7.58. The van der Waals surface area contributed by atoms with Crippen molar-refractivity contribution in [3.63, 3.8) is 0 Å². The molecule has 0 N–H and O–H groups in total. The number of hydrogen-bond donors (Lipinski definition) is 0. The lowest BCUT2D eigenvalue weighted by Crippen LogP contribution is -2.41. The van der Waals surface area contributed by atoms with Gasteiger partial charge in [-0.2, -0.15) is 0 Å². The van der Waals surface area contributed by atoms with Crippen molar-refractivity contribution in [3.8, 4) is 0 Å². The van der Waals surface area contributed by atoms with Crippen LogP contribution < -0.4 is 0 Å². The minimum Gasteiger partial charge on any atom is -0.337 e. The molecule has 116 valence electrons. The Morgan fingerprint density at radius 3 is 3.14 bits per heavy atom. The van der Waals surface area contributed by atoms with Crippen molar-refractivity contribution in [3.05, 3.63) is 52.0 Å². The van der Waals surface area contributed by atoms with E-state index in [1.54, 1.807) is 17.5 Å². The molecule has 0 bridgehead atoms. The van der Waals surface area contributed by atoms with E-state index in [-0.39, 0.29) is 11.9 Å². The van der Waals surface area contributed by atoms with Crippen LogP contribution in [0.5, 0.6) is 0 Å². The number of carbonyl (C=O) groups excluding carboxylic acids is 1. The summed E-state index contributed by atoms with van der Waals surface area (Å²) < 4.78 is 0. The zero-order valence-electron chi connectivity index (χ0n) is 13.0. The lowest BCUT2D eigenvalue weighted by molar-refractivity contribution is -0.133. The molecule has 0 saturated carbocycles. The van der Waals surface area contributed by atoms with Crippen LogP contribution in [0.4, 0.5) is 0 Å². The van der Waals surface area contributed by atoms with Crippen LogP contribution in [0.25, 0.3) is 0 Å². The van der Waals surface area contributed by atoms with E-state index < -0.39 is 0 Å². The van der Waals surface area contributed by atoms with Gasteiger partial charge in [-0.1, -0.05) is 6.07 Å². The summed E-state index contributed by atoms with van der Waals surface area (Å²) in [6.07, 6.45) is 4.62. The Labute approximate surface area is 135 Å². The van der Waals surface area contributed by atoms with E-state index in [0.717, 1.165) is 25.1 Å². The zero-order chi connectivity index (χ0) is 15.5. The summed E-state index contributed by atoms with van der Waals surface area (Å²) in [6, 6.07) is 6.31. The monoisotopic (exact) mass is 315 g/mol.